The number of carbonyl (C=O) groups excluding carboxylic acids is 2. The number of carbonyl (C=O) groups is 3. The van der Waals surface area contributed by atoms with E-state index in [1.54, 1.807) is 24.3 Å². The first-order valence-corrected chi connectivity index (χ1v) is 11.3. The number of hydrogen-bond acceptors (Lipinski definition) is 5. The van der Waals surface area contributed by atoms with Gasteiger partial charge in [0, 0.05) is 18.7 Å². The topological polar surface area (TPSA) is 119 Å². The van der Waals surface area contributed by atoms with Crippen molar-refractivity contribution < 1.29 is 24.6 Å². The standard InChI is InChI=1S/C25H31N3O5/c29-22(16-26-20-13-7-8-14-28(25(20)33)17-23(30)31)21(15-18-9-3-1-4-10-18)27-24(32)19-11-5-2-6-12-19/h1-6,9-12,20-22,26,29H,7-8,13-17H2,(H,27,32)(H,30,31). The lowest BCUT2D eigenvalue weighted by Crippen LogP contribution is -2.53. The molecule has 33 heavy (non-hydrogen) atoms. The normalized spacial score (nSPS) is 18.3. The van der Waals surface area contributed by atoms with Gasteiger partial charge >= 0.3 is 5.97 Å². The van der Waals surface area contributed by atoms with Gasteiger partial charge in [0.25, 0.3) is 5.91 Å². The summed E-state index contributed by atoms with van der Waals surface area (Å²) < 4.78 is 0. The summed E-state index contributed by atoms with van der Waals surface area (Å²) in [6, 6.07) is 17.2. The Morgan fingerprint density at radius 1 is 1.03 bits per heavy atom. The Morgan fingerprint density at radius 3 is 2.36 bits per heavy atom. The third-order valence-electron chi connectivity index (χ3n) is 5.80. The zero-order chi connectivity index (χ0) is 23.6. The van der Waals surface area contributed by atoms with E-state index in [1.807, 2.05) is 36.4 Å². The molecule has 1 fully saturated rings. The highest BCUT2D eigenvalue weighted by Gasteiger charge is 2.30. The number of carboxylic acids is 1. The molecule has 2 aromatic rings. The Morgan fingerprint density at radius 2 is 1.70 bits per heavy atom. The Balaban J connectivity index is 1.67. The minimum Gasteiger partial charge on any atom is -0.480 e. The number of hydrogen-bond donors (Lipinski definition) is 4. The van der Waals surface area contributed by atoms with E-state index in [-0.39, 0.29) is 24.9 Å². The molecule has 1 saturated heterocycles. The highest BCUT2D eigenvalue weighted by atomic mass is 16.4. The van der Waals surface area contributed by atoms with Crippen molar-refractivity contribution in [2.24, 2.45) is 0 Å². The molecular formula is C25H31N3O5. The number of nitrogens with one attached hydrogen (secondary N) is 2. The zero-order valence-electron chi connectivity index (χ0n) is 18.5. The third kappa shape index (κ3) is 7.40. The SMILES string of the molecule is O=C(O)CN1CCCCC(NCC(O)C(Cc2ccccc2)NC(=O)c2ccccc2)C1=O. The molecule has 0 radical (unpaired) electrons. The van der Waals surface area contributed by atoms with E-state index in [2.05, 4.69) is 10.6 Å². The predicted octanol–water partition coefficient (Wildman–Crippen LogP) is 1.44. The number of rotatable bonds is 10. The number of aliphatic carboxylic acids is 1. The fraction of sp³-hybridized carbons (Fsp3) is 0.400. The lowest BCUT2D eigenvalue weighted by Gasteiger charge is -2.28. The molecule has 3 unspecified atom stereocenters. The Labute approximate surface area is 193 Å². The Bertz CT molecular complexity index is 922. The van der Waals surface area contributed by atoms with Gasteiger partial charge in [-0.25, -0.2) is 0 Å². The maximum atomic E-state index is 12.8. The fourth-order valence-corrected chi connectivity index (χ4v) is 4.01. The molecule has 0 bridgehead atoms. The van der Waals surface area contributed by atoms with Crippen molar-refractivity contribution in [2.45, 2.75) is 43.9 Å². The molecule has 3 atom stereocenters. The molecule has 4 N–H and O–H groups in total. The minimum atomic E-state index is -1.05. The van der Waals surface area contributed by atoms with Gasteiger partial charge < -0.3 is 25.7 Å². The largest absolute Gasteiger partial charge is 0.480 e. The first kappa shape index (κ1) is 24.4. The molecule has 0 spiro atoms. The van der Waals surface area contributed by atoms with Crippen LogP contribution in [0, 0.1) is 0 Å². The average molecular weight is 454 g/mol. The highest BCUT2D eigenvalue weighted by Crippen LogP contribution is 2.13. The van der Waals surface area contributed by atoms with Crippen LogP contribution in [0.15, 0.2) is 60.7 Å². The van der Waals surface area contributed by atoms with Crippen LogP contribution in [0.1, 0.15) is 35.2 Å². The zero-order valence-corrected chi connectivity index (χ0v) is 18.5. The number of benzene rings is 2. The van der Waals surface area contributed by atoms with Crippen molar-refractivity contribution >= 4 is 17.8 Å². The molecule has 3 rings (SSSR count). The summed E-state index contributed by atoms with van der Waals surface area (Å²) in [5, 5.41) is 26.1. The van der Waals surface area contributed by atoms with Gasteiger partial charge in [-0.3, -0.25) is 14.4 Å². The minimum absolute atomic E-state index is 0.0872. The molecule has 0 aliphatic carbocycles. The Hall–Kier alpha value is -3.23. The van der Waals surface area contributed by atoms with Gasteiger partial charge in [0.15, 0.2) is 0 Å². The van der Waals surface area contributed by atoms with E-state index in [9.17, 15) is 19.5 Å². The third-order valence-corrected chi connectivity index (χ3v) is 5.80. The van der Waals surface area contributed by atoms with Crippen molar-refractivity contribution in [3.63, 3.8) is 0 Å². The summed E-state index contributed by atoms with van der Waals surface area (Å²) in [4.78, 5) is 37.9. The van der Waals surface area contributed by atoms with Crippen LogP contribution in [0.4, 0.5) is 0 Å². The number of likely N-dealkylation sites (tertiary alicyclic amines) is 1. The van der Waals surface area contributed by atoms with Crippen LogP contribution < -0.4 is 10.6 Å². The van der Waals surface area contributed by atoms with Gasteiger partial charge in [-0.2, -0.15) is 0 Å². The van der Waals surface area contributed by atoms with Crippen LogP contribution in [0.2, 0.25) is 0 Å². The van der Waals surface area contributed by atoms with Crippen molar-refractivity contribution in [1.29, 1.82) is 0 Å². The number of aliphatic hydroxyl groups is 1. The summed E-state index contributed by atoms with van der Waals surface area (Å²) in [6.07, 6.45) is 1.56. The first-order valence-electron chi connectivity index (χ1n) is 11.3. The summed E-state index contributed by atoms with van der Waals surface area (Å²) in [5.41, 5.74) is 1.46. The van der Waals surface area contributed by atoms with E-state index in [1.165, 1.54) is 4.90 Å². The van der Waals surface area contributed by atoms with Crippen LogP contribution in [-0.4, -0.2) is 70.7 Å². The van der Waals surface area contributed by atoms with Gasteiger partial charge in [-0.1, -0.05) is 48.5 Å². The van der Waals surface area contributed by atoms with Crippen LogP contribution in [0.25, 0.3) is 0 Å². The van der Waals surface area contributed by atoms with E-state index in [0.717, 1.165) is 18.4 Å². The van der Waals surface area contributed by atoms with Gasteiger partial charge in [0.2, 0.25) is 5.91 Å². The summed E-state index contributed by atoms with van der Waals surface area (Å²) in [7, 11) is 0. The molecule has 1 aliphatic heterocycles. The molecule has 2 aromatic carbocycles. The quantitative estimate of drug-likeness (QED) is 0.432. The smallest absolute Gasteiger partial charge is 0.323 e. The molecule has 0 aromatic heterocycles. The van der Waals surface area contributed by atoms with Crippen molar-refractivity contribution in [3.8, 4) is 0 Å². The van der Waals surface area contributed by atoms with Crippen molar-refractivity contribution in [3.05, 3.63) is 71.8 Å². The molecule has 1 heterocycles. The summed E-state index contributed by atoms with van der Waals surface area (Å²) >= 11 is 0. The fourth-order valence-electron chi connectivity index (χ4n) is 4.01. The second-order valence-electron chi connectivity index (χ2n) is 8.31. The maximum Gasteiger partial charge on any atom is 0.323 e. The first-order chi connectivity index (χ1) is 15.9. The number of nitrogens with zero attached hydrogens (tertiary/aromatic N) is 1. The molecule has 176 valence electrons. The van der Waals surface area contributed by atoms with E-state index >= 15 is 0 Å². The van der Waals surface area contributed by atoms with Crippen LogP contribution >= 0.6 is 0 Å². The highest BCUT2D eigenvalue weighted by molar-refractivity contribution is 5.94. The molecule has 1 aliphatic rings. The molecule has 8 nitrogen and oxygen atoms in total. The van der Waals surface area contributed by atoms with Crippen molar-refractivity contribution in [1.82, 2.24) is 15.5 Å². The molecular weight excluding hydrogens is 422 g/mol. The molecule has 0 saturated carbocycles. The van der Waals surface area contributed by atoms with E-state index in [0.29, 0.717) is 24.9 Å². The van der Waals surface area contributed by atoms with Crippen LogP contribution in [0.3, 0.4) is 0 Å². The summed E-state index contributed by atoms with van der Waals surface area (Å²) in [5.74, 6) is -1.60. The monoisotopic (exact) mass is 453 g/mol. The van der Waals surface area contributed by atoms with Gasteiger partial charge in [-0.15, -0.1) is 0 Å². The Kier molecular flexibility index (Phi) is 8.97. The van der Waals surface area contributed by atoms with Gasteiger partial charge in [0.05, 0.1) is 18.2 Å². The number of aliphatic hydroxyl groups excluding tert-OH is 1. The lowest BCUT2D eigenvalue weighted by atomic mass is 10.00. The van der Waals surface area contributed by atoms with Gasteiger partial charge in [0.1, 0.15) is 6.54 Å². The van der Waals surface area contributed by atoms with Crippen LogP contribution in [-0.2, 0) is 16.0 Å². The predicted molar refractivity (Wildman–Crippen MR) is 124 cm³/mol. The second-order valence-corrected chi connectivity index (χ2v) is 8.31. The van der Waals surface area contributed by atoms with Crippen molar-refractivity contribution in [2.75, 3.05) is 19.6 Å². The second kappa shape index (κ2) is 12.1. The van der Waals surface area contributed by atoms with Crippen LogP contribution in [0.5, 0.6) is 0 Å². The number of carboxylic acid groups (broad SMARTS) is 1. The molecule has 8 heteroatoms. The van der Waals surface area contributed by atoms with Gasteiger partial charge in [-0.05, 0) is 43.4 Å². The van der Waals surface area contributed by atoms with E-state index < -0.39 is 24.2 Å². The number of amides is 2. The average Bonchev–Trinajstić information content (AvgIpc) is 2.99. The lowest BCUT2D eigenvalue weighted by molar-refractivity contribution is -0.145. The summed E-state index contributed by atoms with van der Waals surface area (Å²) in [6.45, 7) is 0.169. The maximum absolute atomic E-state index is 12.8. The molecule has 2 amide bonds. The van der Waals surface area contributed by atoms with E-state index in [4.69, 9.17) is 5.11 Å².